The van der Waals surface area contributed by atoms with Crippen LogP contribution in [-0.4, -0.2) is 60.6 Å². The highest BCUT2D eigenvalue weighted by molar-refractivity contribution is 5.94. The number of allylic oxidation sites excluding steroid dienone is 2. The standard InChI is InChI=1S/C28H39N3O4/c1-19(32)23-14-20(5-4-12-35-3)13-21(15-23)18-31(24-6-7-24)28(34)26-17-29-10-8-25(26)22-9-11-30(2)27(33)16-22/h9,11,13,15-16,20,24-26,29H,4-8,10,12,14,17-18H2,1-3H3/t20-,25+,26-/m0/s1. The quantitative estimate of drug-likeness (QED) is 0.520. The van der Waals surface area contributed by atoms with E-state index in [4.69, 9.17) is 4.74 Å². The van der Waals surface area contributed by atoms with Gasteiger partial charge in [-0.15, -0.1) is 0 Å². The minimum absolute atomic E-state index is 0.0318. The van der Waals surface area contributed by atoms with Crippen molar-refractivity contribution in [2.75, 3.05) is 33.4 Å². The second kappa shape index (κ2) is 11.5. The lowest BCUT2D eigenvalue weighted by molar-refractivity contribution is -0.136. The summed E-state index contributed by atoms with van der Waals surface area (Å²) in [4.78, 5) is 40.5. The fourth-order valence-electron chi connectivity index (χ4n) is 5.49. The lowest BCUT2D eigenvalue weighted by Gasteiger charge is -2.36. The normalized spacial score (nSPS) is 24.5. The Morgan fingerprint density at radius 3 is 2.74 bits per heavy atom. The van der Waals surface area contributed by atoms with Crippen molar-refractivity contribution in [2.45, 2.75) is 57.4 Å². The Bertz CT molecular complexity index is 1050. The molecule has 0 spiro atoms. The number of ketones is 1. The highest BCUT2D eigenvalue weighted by Crippen LogP contribution is 2.36. The summed E-state index contributed by atoms with van der Waals surface area (Å²) in [6.07, 6.45) is 11.6. The van der Waals surface area contributed by atoms with E-state index in [0.717, 1.165) is 61.8 Å². The van der Waals surface area contributed by atoms with E-state index < -0.39 is 0 Å². The third kappa shape index (κ3) is 6.39. The molecule has 1 aromatic heterocycles. The van der Waals surface area contributed by atoms with Crippen molar-refractivity contribution in [2.24, 2.45) is 18.9 Å². The predicted octanol–water partition coefficient (Wildman–Crippen LogP) is 2.96. The van der Waals surface area contributed by atoms with E-state index in [1.54, 1.807) is 37.9 Å². The predicted molar refractivity (Wildman–Crippen MR) is 136 cm³/mol. The van der Waals surface area contributed by atoms with E-state index in [1.165, 1.54) is 0 Å². The van der Waals surface area contributed by atoms with Crippen LogP contribution in [0.1, 0.15) is 56.9 Å². The summed E-state index contributed by atoms with van der Waals surface area (Å²) in [7, 11) is 3.46. The number of piperidine rings is 1. The molecule has 3 aliphatic rings. The van der Waals surface area contributed by atoms with Crippen LogP contribution in [-0.2, 0) is 21.4 Å². The Balaban J connectivity index is 1.55. The third-order valence-electron chi connectivity index (χ3n) is 7.65. The number of ether oxygens (including phenoxy) is 1. The molecule has 1 saturated carbocycles. The van der Waals surface area contributed by atoms with Crippen molar-refractivity contribution in [3.8, 4) is 0 Å². The third-order valence-corrected chi connectivity index (χ3v) is 7.65. The lowest BCUT2D eigenvalue weighted by Crippen LogP contribution is -2.48. The molecule has 0 radical (unpaired) electrons. The van der Waals surface area contributed by atoms with E-state index in [-0.39, 0.29) is 35.1 Å². The molecule has 4 rings (SSSR count). The molecule has 35 heavy (non-hydrogen) atoms. The fourth-order valence-corrected chi connectivity index (χ4v) is 5.49. The summed E-state index contributed by atoms with van der Waals surface area (Å²) in [5.41, 5.74) is 2.83. The van der Waals surface area contributed by atoms with Gasteiger partial charge in [0.25, 0.3) is 5.56 Å². The van der Waals surface area contributed by atoms with E-state index >= 15 is 0 Å². The second-order valence-electron chi connectivity index (χ2n) is 10.4. The van der Waals surface area contributed by atoms with E-state index in [2.05, 4.69) is 11.4 Å². The van der Waals surface area contributed by atoms with E-state index in [9.17, 15) is 14.4 Å². The Morgan fingerprint density at radius 2 is 2.06 bits per heavy atom. The van der Waals surface area contributed by atoms with Gasteiger partial charge in [0.05, 0.1) is 5.92 Å². The first-order valence-electron chi connectivity index (χ1n) is 13.0. The number of nitrogens with zero attached hydrogens (tertiary/aromatic N) is 2. The summed E-state index contributed by atoms with van der Waals surface area (Å²) < 4.78 is 6.78. The Kier molecular flexibility index (Phi) is 8.39. The van der Waals surface area contributed by atoms with Crippen molar-refractivity contribution < 1.29 is 14.3 Å². The van der Waals surface area contributed by atoms with Crippen molar-refractivity contribution in [3.63, 3.8) is 0 Å². The summed E-state index contributed by atoms with van der Waals surface area (Å²) in [5.74, 6) is 0.396. The second-order valence-corrected chi connectivity index (χ2v) is 10.4. The highest BCUT2D eigenvalue weighted by Gasteiger charge is 2.40. The maximum atomic E-state index is 14.0. The number of carbonyl (C=O) groups is 2. The van der Waals surface area contributed by atoms with Gasteiger partial charge in [0, 0.05) is 52.2 Å². The number of aromatic nitrogens is 1. The van der Waals surface area contributed by atoms with Crippen molar-refractivity contribution >= 4 is 11.7 Å². The molecule has 1 N–H and O–H groups in total. The molecular formula is C28H39N3O4. The van der Waals surface area contributed by atoms with Gasteiger partial charge in [0.15, 0.2) is 5.78 Å². The molecule has 1 aliphatic heterocycles. The van der Waals surface area contributed by atoms with Crippen molar-refractivity contribution in [3.05, 3.63) is 57.5 Å². The smallest absolute Gasteiger partial charge is 0.250 e. The number of nitrogens with one attached hydrogen (secondary N) is 1. The Hall–Kier alpha value is -2.51. The topological polar surface area (TPSA) is 80.6 Å². The zero-order valence-electron chi connectivity index (χ0n) is 21.3. The first-order valence-corrected chi connectivity index (χ1v) is 13.0. The van der Waals surface area contributed by atoms with Gasteiger partial charge in [-0.05, 0) is 86.6 Å². The number of carbonyl (C=O) groups excluding carboxylic acids is 2. The van der Waals surface area contributed by atoms with Crippen LogP contribution < -0.4 is 10.9 Å². The summed E-state index contributed by atoms with van der Waals surface area (Å²) in [6, 6.07) is 3.93. The SMILES string of the molecule is COCCC[C@H]1C=C(CN(C(=O)[C@H]2CNCC[C@@H]2c2ccn(C)c(=O)c2)C2CC2)C=C(C(C)=O)C1. The molecule has 1 saturated heterocycles. The maximum absolute atomic E-state index is 14.0. The summed E-state index contributed by atoms with van der Waals surface area (Å²) in [6.45, 7) is 4.35. The molecule has 190 valence electrons. The first kappa shape index (κ1) is 25.6. The number of hydrogen-bond acceptors (Lipinski definition) is 5. The number of amides is 1. The molecule has 2 fully saturated rings. The molecule has 1 aromatic rings. The van der Waals surface area contributed by atoms with Crippen LogP contribution in [0.3, 0.4) is 0 Å². The molecule has 2 heterocycles. The van der Waals surface area contributed by atoms with Gasteiger partial charge in [-0.3, -0.25) is 14.4 Å². The maximum Gasteiger partial charge on any atom is 0.250 e. The summed E-state index contributed by atoms with van der Waals surface area (Å²) >= 11 is 0. The number of Topliss-reactive ketones (excluding diaryl/α,β-unsaturated/α-hetero) is 1. The van der Waals surface area contributed by atoms with Gasteiger partial charge in [-0.2, -0.15) is 0 Å². The molecule has 0 aromatic carbocycles. The van der Waals surface area contributed by atoms with Gasteiger partial charge in [0.1, 0.15) is 0 Å². The van der Waals surface area contributed by atoms with Gasteiger partial charge in [-0.1, -0.05) is 12.2 Å². The molecule has 7 nitrogen and oxygen atoms in total. The largest absolute Gasteiger partial charge is 0.385 e. The molecule has 0 bridgehead atoms. The van der Waals surface area contributed by atoms with Crippen LogP contribution in [0.2, 0.25) is 0 Å². The van der Waals surface area contributed by atoms with Crippen LogP contribution >= 0.6 is 0 Å². The average molecular weight is 482 g/mol. The Labute approximate surface area is 208 Å². The summed E-state index contributed by atoms with van der Waals surface area (Å²) in [5, 5.41) is 3.40. The van der Waals surface area contributed by atoms with Gasteiger partial charge >= 0.3 is 0 Å². The first-order chi connectivity index (χ1) is 16.9. The number of methoxy groups -OCH3 is 1. The minimum atomic E-state index is -0.200. The number of rotatable bonds is 10. The van der Waals surface area contributed by atoms with Gasteiger partial charge in [0.2, 0.25) is 5.91 Å². The van der Waals surface area contributed by atoms with Crippen LogP contribution in [0.4, 0.5) is 0 Å². The Morgan fingerprint density at radius 1 is 1.26 bits per heavy atom. The molecule has 3 atom stereocenters. The van der Waals surface area contributed by atoms with Crippen LogP contribution in [0.15, 0.2) is 46.4 Å². The van der Waals surface area contributed by atoms with Crippen LogP contribution in [0.25, 0.3) is 0 Å². The number of pyridine rings is 1. The fraction of sp³-hybridized carbons (Fsp3) is 0.607. The minimum Gasteiger partial charge on any atom is -0.385 e. The number of hydrogen-bond donors (Lipinski definition) is 1. The van der Waals surface area contributed by atoms with E-state index in [1.807, 2.05) is 17.0 Å². The van der Waals surface area contributed by atoms with Crippen molar-refractivity contribution in [1.82, 2.24) is 14.8 Å². The number of aryl methyl sites for hydroxylation is 1. The highest BCUT2D eigenvalue weighted by atomic mass is 16.5. The van der Waals surface area contributed by atoms with Gasteiger partial charge in [-0.25, -0.2) is 0 Å². The molecule has 1 amide bonds. The zero-order chi connectivity index (χ0) is 24.9. The molecule has 2 aliphatic carbocycles. The molecule has 0 unspecified atom stereocenters. The van der Waals surface area contributed by atoms with E-state index in [0.29, 0.717) is 25.6 Å². The van der Waals surface area contributed by atoms with Crippen molar-refractivity contribution in [1.29, 1.82) is 0 Å². The zero-order valence-corrected chi connectivity index (χ0v) is 21.3. The van der Waals surface area contributed by atoms with Crippen LogP contribution in [0.5, 0.6) is 0 Å². The molecule has 7 heteroatoms. The van der Waals surface area contributed by atoms with Crippen LogP contribution in [0, 0.1) is 11.8 Å². The monoisotopic (exact) mass is 481 g/mol. The lowest BCUT2D eigenvalue weighted by atomic mass is 9.80. The average Bonchev–Trinajstić information content (AvgIpc) is 3.69. The molecular weight excluding hydrogens is 442 g/mol. The van der Waals surface area contributed by atoms with Gasteiger partial charge < -0.3 is 19.5 Å².